The maximum atomic E-state index is 5.21. The van der Waals surface area contributed by atoms with Crippen molar-refractivity contribution >= 4 is 21.9 Å². The number of guanidine groups is 1. The van der Waals surface area contributed by atoms with E-state index in [1.54, 1.807) is 7.11 Å². The fourth-order valence-electron chi connectivity index (χ4n) is 1.64. The summed E-state index contributed by atoms with van der Waals surface area (Å²) in [5, 5.41) is 6.51. The van der Waals surface area contributed by atoms with Crippen molar-refractivity contribution in [1.29, 1.82) is 0 Å². The van der Waals surface area contributed by atoms with E-state index in [-0.39, 0.29) is 0 Å². The Morgan fingerprint density at radius 2 is 2.41 bits per heavy atom. The Hall–Kier alpha value is -1.23. The Labute approximate surface area is 110 Å². The lowest BCUT2D eigenvalue weighted by atomic mass is 10.2. The summed E-state index contributed by atoms with van der Waals surface area (Å²) in [5.74, 6) is 1.74. The van der Waals surface area contributed by atoms with Crippen LogP contribution in [0.5, 0.6) is 5.75 Å². The molecule has 0 amide bonds. The van der Waals surface area contributed by atoms with Crippen molar-refractivity contribution in [3.05, 3.63) is 28.2 Å². The second kappa shape index (κ2) is 5.91. The monoisotopic (exact) mass is 297 g/mol. The smallest absolute Gasteiger partial charge is 0.191 e. The van der Waals surface area contributed by atoms with Crippen molar-refractivity contribution in [2.75, 3.05) is 20.2 Å². The molecule has 0 radical (unpaired) electrons. The van der Waals surface area contributed by atoms with E-state index in [1.165, 1.54) is 0 Å². The average molecular weight is 298 g/mol. The molecular weight excluding hydrogens is 282 g/mol. The van der Waals surface area contributed by atoms with E-state index in [2.05, 4.69) is 31.6 Å². The van der Waals surface area contributed by atoms with Crippen molar-refractivity contribution in [3.63, 3.8) is 0 Å². The molecule has 0 aliphatic carbocycles. The molecule has 1 heterocycles. The molecule has 1 aliphatic heterocycles. The largest absolute Gasteiger partial charge is 0.497 e. The first-order chi connectivity index (χ1) is 8.29. The van der Waals surface area contributed by atoms with Gasteiger partial charge in [-0.1, -0.05) is 15.9 Å². The summed E-state index contributed by atoms with van der Waals surface area (Å²) in [4.78, 5) is 4.36. The number of hydrogen-bond donors (Lipinski definition) is 2. The Kier molecular flexibility index (Phi) is 4.25. The molecule has 17 heavy (non-hydrogen) atoms. The number of nitrogens with one attached hydrogen (secondary N) is 2. The number of aliphatic imine (C=N–C) groups is 1. The summed E-state index contributed by atoms with van der Waals surface area (Å²) in [6.07, 6.45) is 1.11. The second-order valence-corrected chi connectivity index (χ2v) is 4.68. The number of methoxy groups -OCH3 is 1. The highest BCUT2D eigenvalue weighted by Gasteiger charge is 2.06. The molecule has 2 N–H and O–H groups in total. The van der Waals surface area contributed by atoms with Crippen molar-refractivity contribution in [2.24, 2.45) is 4.99 Å². The van der Waals surface area contributed by atoms with Crippen LogP contribution in [0.15, 0.2) is 27.7 Å². The highest BCUT2D eigenvalue weighted by atomic mass is 79.9. The molecule has 0 bridgehead atoms. The quantitative estimate of drug-likeness (QED) is 0.896. The molecule has 0 saturated carbocycles. The standard InChI is InChI=1S/C12H16BrN3O/c1-17-10-3-4-11(13)9(7-10)8-16-12-14-5-2-6-15-12/h3-4,7H,2,5-6,8H2,1H3,(H2,14,15,16). The van der Waals surface area contributed by atoms with Gasteiger partial charge in [0.25, 0.3) is 0 Å². The summed E-state index contributed by atoms with van der Waals surface area (Å²) in [6, 6.07) is 5.94. The molecule has 1 aliphatic rings. The van der Waals surface area contributed by atoms with Gasteiger partial charge in [-0.2, -0.15) is 0 Å². The summed E-state index contributed by atoms with van der Waals surface area (Å²) in [7, 11) is 1.67. The lowest BCUT2D eigenvalue weighted by Gasteiger charge is -2.16. The highest BCUT2D eigenvalue weighted by Crippen LogP contribution is 2.22. The summed E-state index contributed by atoms with van der Waals surface area (Å²) in [5.41, 5.74) is 1.15. The van der Waals surface area contributed by atoms with Crippen LogP contribution in [0, 0.1) is 0 Å². The Bertz CT molecular complexity index is 420. The predicted octanol–water partition coefficient (Wildman–Crippen LogP) is 1.90. The molecule has 2 rings (SSSR count). The molecule has 5 heteroatoms. The maximum Gasteiger partial charge on any atom is 0.191 e. The van der Waals surface area contributed by atoms with Gasteiger partial charge in [0.2, 0.25) is 0 Å². The van der Waals surface area contributed by atoms with Crippen LogP contribution in [0.1, 0.15) is 12.0 Å². The van der Waals surface area contributed by atoms with Crippen LogP contribution in [0.2, 0.25) is 0 Å². The van der Waals surface area contributed by atoms with Gasteiger partial charge in [0.05, 0.1) is 7.11 Å². The van der Waals surface area contributed by atoms with E-state index in [0.717, 1.165) is 47.8 Å². The van der Waals surface area contributed by atoms with E-state index < -0.39 is 0 Å². The topological polar surface area (TPSA) is 45.6 Å². The lowest BCUT2D eigenvalue weighted by molar-refractivity contribution is 0.414. The van der Waals surface area contributed by atoms with Crippen LogP contribution >= 0.6 is 15.9 Å². The van der Waals surface area contributed by atoms with Crippen molar-refractivity contribution in [3.8, 4) is 5.75 Å². The fourth-order valence-corrected chi connectivity index (χ4v) is 2.03. The van der Waals surface area contributed by atoms with Crippen LogP contribution in [0.4, 0.5) is 0 Å². The maximum absolute atomic E-state index is 5.21. The van der Waals surface area contributed by atoms with Gasteiger partial charge in [-0.05, 0) is 30.2 Å². The van der Waals surface area contributed by atoms with Gasteiger partial charge in [-0.15, -0.1) is 0 Å². The molecule has 0 atom stereocenters. The average Bonchev–Trinajstić information content (AvgIpc) is 2.39. The Balaban J connectivity index is 2.00. The minimum absolute atomic E-state index is 0.726. The number of halogens is 1. The molecule has 0 spiro atoms. The molecule has 1 aromatic carbocycles. The van der Waals surface area contributed by atoms with E-state index in [4.69, 9.17) is 4.74 Å². The highest BCUT2D eigenvalue weighted by molar-refractivity contribution is 9.10. The number of benzene rings is 1. The lowest BCUT2D eigenvalue weighted by Crippen LogP contribution is -2.40. The summed E-state index contributed by atoms with van der Waals surface area (Å²) < 4.78 is 6.28. The van der Waals surface area contributed by atoms with Crippen molar-refractivity contribution < 1.29 is 4.74 Å². The van der Waals surface area contributed by atoms with Gasteiger partial charge in [0.1, 0.15) is 5.75 Å². The van der Waals surface area contributed by atoms with Crippen molar-refractivity contribution in [2.45, 2.75) is 13.0 Å². The molecule has 0 saturated heterocycles. The summed E-state index contributed by atoms with van der Waals surface area (Å²) in [6.45, 7) is 2.61. The van der Waals surface area contributed by atoms with Crippen LogP contribution in [-0.4, -0.2) is 26.2 Å². The zero-order valence-corrected chi connectivity index (χ0v) is 11.4. The third kappa shape index (κ3) is 3.36. The van der Waals surface area contributed by atoms with Crippen LogP contribution in [0.3, 0.4) is 0 Å². The number of hydrogen-bond acceptors (Lipinski definition) is 4. The molecule has 92 valence electrons. The van der Waals surface area contributed by atoms with E-state index in [1.807, 2.05) is 18.2 Å². The molecule has 4 nitrogen and oxygen atoms in total. The molecule has 0 aromatic heterocycles. The molecule has 0 unspecified atom stereocenters. The van der Waals surface area contributed by atoms with Gasteiger partial charge >= 0.3 is 0 Å². The molecular formula is C12H16BrN3O. The number of ether oxygens (including phenoxy) is 1. The third-order valence-corrected chi connectivity index (χ3v) is 3.37. The minimum atomic E-state index is 0.726. The van der Waals surface area contributed by atoms with Crippen LogP contribution < -0.4 is 15.4 Å². The van der Waals surface area contributed by atoms with E-state index in [9.17, 15) is 0 Å². The van der Waals surface area contributed by atoms with Gasteiger partial charge in [0, 0.05) is 24.1 Å². The fraction of sp³-hybridized carbons (Fsp3) is 0.417. The molecule has 0 fully saturated rings. The first-order valence-electron chi connectivity index (χ1n) is 5.64. The second-order valence-electron chi connectivity index (χ2n) is 3.82. The Morgan fingerprint density at radius 1 is 1.53 bits per heavy atom. The van der Waals surface area contributed by atoms with Crippen molar-refractivity contribution in [1.82, 2.24) is 10.6 Å². The van der Waals surface area contributed by atoms with E-state index >= 15 is 0 Å². The van der Waals surface area contributed by atoms with E-state index in [0.29, 0.717) is 0 Å². The first kappa shape index (κ1) is 12.2. The number of rotatable bonds is 3. The van der Waals surface area contributed by atoms with Gasteiger partial charge in [0.15, 0.2) is 5.96 Å². The zero-order valence-electron chi connectivity index (χ0n) is 9.79. The van der Waals surface area contributed by atoms with Gasteiger partial charge in [-0.25, -0.2) is 0 Å². The normalized spacial score (nSPS) is 14.8. The van der Waals surface area contributed by atoms with Crippen LogP contribution in [-0.2, 0) is 6.54 Å². The SMILES string of the molecule is COc1ccc(Br)c(CNC2=NCCCN2)c1. The minimum Gasteiger partial charge on any atom is -0.497 e. The summed E-state index contributed by atoms with van der Waals surface area (Å²) >= 11 is 3.53. The Morgan fingerprint density at radius 3 is 3.12 bits per heavy atom. The van der Waals surface area contributed by atoms with Crippen LogP contribution in [0.25, 0.3) is 0 Å². The third-order valence-electron chi connectivity index (χ3n) is 2.60. The zero-order chi connectivity index (χ0) is 12.1. The van der Waals surface area contributed by atoms with Gasteiger partial charge in [-0.3, -0.25) is 4.99 Å². The number of nitrogens with zero attached hydrogens (tertiary/aromatic N) is 1. The molecule has 1 aromatic rings. The predicted molar refractivity (Wildman–Crippen MR) is 72.5 cm³/mol. The van der Waals surface area contributed by atoms with Gasteiger partial charge < -0.3 is 15.4 Å². The first-order valence-corrected chi connectivity index (χ1v) is 6.43.